The predicted octanol–water partition coefficient (Wildman–Crippen LogP) is -0.423. The Labute approximate surface area is 63.5 Å². The lowest BCUT2D eigenvalue weighted by Gasteiger charge is -1.98. The smallest absolute Gasteiger partial charge is 0.372 e. The Kier molecular flexibility index (Phi) is 1.91. The Morgan fingerprint density at radius 3 is 2.82 bits per heavy atom. The van der Waals surface area contributed by atoms with Crippen LogP contribution in [0.2, 0.25) is 0 Å². The molecule has 0 amide bonds. The standard InChI is InChI=1S/C6H9N3O2/c1-9-4(2-7)3-8-5(9)6(10)11/h3H,2,7H2,1H3,(H,10,11). The second-order valence-electron chi connectivity index (χ2n) is 2.14. The van der Waals surface area contributed by atoms with Crippen LogP contribution >= 0.6 is 0 Å². The monoisotopic (exact) mass is 155 g/mol. The van der Waals surface area contributed by atoms with Crippen molar-refractivity contribution in [1.82, 2.24) is 9.55 Å². The van der Waals surface area contributed by atoms with Crippen LogP contribution in [0, 0.1) is 0 Å². The average molecular weight is 155 g/mol. The molecule has 1 rings (SSSR count). The maximum absolute atomic E-state index is 10.4. The van der Waals surface area contributed by atoms with E-state index >= 15 is 0 Å². The molecule has 0 unspecified atom stereocenters. The van der Waals surface area contributed by atoms with E-state index in [1.54, 1.807) is 7.05 Å². The summed E-state index contributed by atoms with van der Waals surface area (Å²) in [6, 6.07) is 0. The normalized spacial score (nSPS) is 10.0. The minimum Gasteiger partial charge on any atom is -0.475 e. The van der Waals surface area contributed by atoms with Crippen molar-refractivity contribution in [2.45, 2.75) is 6.54 Å². The molecule has 0 aromatic carbocycles. The second kappa shape index (κ2) is 2.71. The van der Waals surface area contributed by atoms with Gasteiger partial charge in [0.2, 0.25) is 5.82 Å². The number of rotatable bonds is 2. The first kappa shape index (κ1) is 7.74. The first-order valence-electron chi connectivity index (χ1n) is 3.10. The fourth-order valence-corrected chi connectivity index (χ4v) is 0.833. The minimum absolute atomic E-state index is 0.0189. The molecular formula is C6H9N3O2. The number of imidazole rings is 1. The van der Waals surface area contributed by atoms with E-state index in [1.165, 1.54) is 10.8 Å². The summed E-state index contributed by atoms with van der Waals surface area (Å²) in [5.41, 5.74) is 6.02. The zero-order valence-electron chi connectivity index (χ0n) is 6.11. The minimum atomic E-state index is -1.03. The Hall–Kier alpha value is -1.36. The summed E-state index contributed by atoms with van der Waals surface area (Å²) < 4.78 is 1.46. The van der Waals surface area contributed by atoms with Crippen LogP contribution in [-0.4, -0.2) is 20.6 Å². The number of aromatic nitrogens is 2. The van der Waals surface area contributed by atoms with E-state index in [9.17, 15) is 4.79 Å². The quantitative estimate of drug-likeness (QED) is 0.607. The number of aromatic carboxylic acids is 1. The number of carbonyl (C=O) groups is 1. The van der Waals surface area contributed by atoms with E-state index in [1.807, 2.05) is 0 Å². The van der Waals surface area contributed by atoms with E-state index in [-0.39, 0.29) is 5.82 Å². The Bertz CT molecular complexity index is 279. The predicted molar refractivity (Wildman–Crippen MR) is 38.1 cm³/mol. The molecule has 0 aliphatic carbocycles. The second-order valence-corrected chi connectivity index (χ2v) is 2.14. The molecule has 0 saturated heterocycles. The Balaban J connectivity index is 3.10. The lowest BCUT2D eigenvalue weighted by molar-refractivity contribution is 0.0679. The first-order valence-corrected chi connectivity index (χ1v) is 3.10. The van der Waals surface area contributed by atoms with Crippen LogP contribution in [0.5, 0.6) is 0 Å². The first-order chi connectivity index (χ1) is 5.16. The van der Waals surface area contributed by atoms with Crippen molar-refractivity contribution >= 4 is 5.97 Å². The number of nitrogens with zero attached hydrogens (tertiary/aromatic N) is 2. The van der Waals surface area contributed by atoms with E-state index in [2.05, 4.69) is 4.98 Å². The molecule has 0 fully saturated rings. The van der Waals surface area contributed by atoms with Gasteiger partial charge in [0, 0.05) is 13.6 Å². The van der Waals surface area contributed by atoms with Gasteiger partial charge in [-0.3, -0.25) is 0 Å². The van der Waals surface area contributed by atoms with Crippen molar-refractivity contribution in [2.24, 2.45) is 12.8 Å². The fourth-order valence-electron chi connectivity index (χ4n) is 0.833. The van der Waals surface area contributed by atoms with E-state index in [0.717, 1.165) is 0 Å². The summed E-state index contributed by atoms with van der Waals surface area (Å²) in [7, 11) is 1.62. The lowest BCUT2D eigenvalue weighted by Crippen LogP contribution is -2.10. The van der Waals surface area contributed by atoms with Crippen LogP contribution in [0.15, 0.2) is 6.20 Å². The SMILES string of the molecule is Cn1c(CN)cnc1C(=O)O. The highest BCUT2D eigenvalue weighted by atomic mass is 16.4. The van der Waals surface area contributed by atoms with Gasteiger partial charge < -0.3 is 15.4 Å². The van der Waals surface area contributed by atoms with Crippen LogP contribution in [0.1, 0.15) is 16.3 Å². The number of hydrogen-bond acceptors (Lipinski definition) is 3. The molecule has 0 atom stereocenters. The average Bonchev–Trinajstić information content (AvgIpc) is 2.30. The lowest BCUT2D eigenvalue weighted by atomic mass is 10.5. The maximum atomic E-state index is 10.4. The highest BCUT2D eigenvalue weighted by molar-refractivity contribution is 5.83. The van der Waals surface area contributed by atoms with Gasteiger partial charge in [-0.05, 0) is 0 Å². The molecule has 0 aliphatic heterocycles. The molecular weight excluding hydrogens is 146 g/mol. The van der Waals surface area contributed by atoms with Crippen LogP contribution in [0.3, 0.4) is 0 Å². The molecule has 0 radical (unpaired) electrons. The van der Waals surface area contributed by atoms with Gasteiger partial charge >= 0.3 is 5.97 Å². The molecule has 0 saturated carbocycles. The zero-order valence-corrected chi connectivity index (χ0v) is 6.11. The summed E-state index contributed by atoms with van der Waals surface area (Å²) in [6.07, 6.45) is 1.46. The molecule has 11 heavy (non-hydrogen) atoms. The van der Waals surface area contributed by atoms with Gasteiger partial charge in [-0.15, -0.1) is 0 Å². The van der Waals surface area contributed by atoms with E-state index in [0.29, 0.717) is 12.2 Å². The number of hydrogen-bond donors (Lipinski definition) is 2. The maximum Gasteiger partial charge on any atom is 0.372 e. The van der Waals surface area contributed by atoms with Gasteiger partial charge in [-0.25, -0.2) is 9.78 Å². The molecule has 5 heteroatoms. The van der Waals surface area contributed by atoms with Crippen molar-refractivity contribution in [3.63, 3.8) is 0 Å². The number of nitrogens with two attached hydrogens (primary N) is 1. The number of carboxylic acid groups (broad SMARTS) is 1. The number of carboxylic acids is 1. The third-order valence-corrected chi connectivity index (χ3v) is 1.48. The molecule has 60 valence electrons. The summed E-state index contributed by atoms with van der Waals surface area (Å²) in [5, 5.41) is 8.55. The molecule has 0 bridgehead atoms. The van der Waals surface area contributed by atoms with Crippen molar-refractivity contribution in [3.05, 3.63) is 17.7 Å². The van der Waals surface area contributed by atoms with Gasteiger partial charge in [-0.1, -0.05) is 0 Å². The summed E-state index contributed by atoms with van der Waals surface area (Å²) >= 11 is 0. The fraction of sp³-hybridized carbons (Fsp3) is 0.333. The van der Waals surface area contributed by atoms with Crippen molar-refractivity contribution in [2.75, 3.05) is 0 Å². The van der Waals surface area contributed by atoms with Crippen molar-refractivity contribution in [1.29, 1.82) is 0 Å². The molecule has 1 aromatic rings. The van der Waals surface area contributed by atoms with Gasteiger partial charge in [0.1, 0.15) is 0 Å². The van der Waals surface area contributed by atoms with Crippen molar-refractivity contribution in [3.8, 4) is 0 Å². The van der Waals surface area contributed by atoms with Gasteiger partial charge in [0.05, 0.1) is 11.9 Å². The van der Waals surface area contributed by atoms with Gasteiger partial charge in [0.25, 0.3) is 0 Å². The van der Waals surface area contributed by atoms with Gasteiger partial charge in [-0.2, -0.15) is 0 Å². The highest BCUT2D eigenvalue weighted by Crippen LogP contribution is 2.00. The van der Waals surface area contributed by atoms with Gasteiger partial charge in [0.15, 0.2) is 0 Å². The third-order valence-electron chi connectivity index (χ3n) is 1.48. The largest absolute Gasteiger partial charge is 0.475 e. The van der Waals surface area contributed by atoms with Crippen LogP contribution in [0.4, 0.5) is 0 Å². The topological polar surface area (TPSA) is 81.1 Å². The summed E-state index contributed by atoms with van der Waals surface area (Å²) in [4.78, 5) is 14.1. The molecule has 0 aliphatic rings. The third kappa shape index (κ3) is 1.22. The van der Waals surface area contributed by atoms with Crippen LogP contribution in [0.25, 0.3) is 0 Å². The summed E-state index contributed by atoms with van der Waals surface area (Å²) in [5.74, 6) is -1.02. The molecule has 1 heterocycles. The zero-order chi connectivity index (χ0) is 8.43. The Morgan fingerprint density at radius 1 is 1.91 bits per heavy atom. The molecule has 1 aromatic heterocycles. The highest BCUT2D eigenvalue weighted by Gasteiger charge is 2.10. The van der Waals surface area contributed by atoms with Crippen LogP contribution < -0.4 is 5.73 Å². The molecule has 0 spiro atoms. The molecule has 5 nitrogen and oxygen atoms in total. The Morgan fingerprint density at radius 2 is 2.55 bits per heavy atom. The van der Waals surface area contributed by atoms with Crippen molar-refractivity contribution < 1.29 is 9.90 Å². The van der Waals surface area contributed by atoms with Crippen LogP contribution in [-0.2, 0) is 13.6 Å². The van der Waals surface area contributed by atoms with E-state index < -0.39 is 5.97 Å². The van der Waals surface area contributed by atoms with E-state index in [4.69, 9.17) is 10.8 Å². The summed E-state index contributed by atoms with van der Waals surface area (Å²) in [6.45, 7) is 0.302. The molecule has 3 N–H and O–H groups in total.